The predicted octanol–water partition coefficient (Wildman–Crippen LogP) is 1.31. The number of nitrogens with one attached hydrogen (secondary N) is 1. The van der Waals surface area contributed by atoms with Crippen LogP contribution in [0.2, 0.25) is 0 Å². The van der Waals surface area contributed by atoms with Gasteiger partial charge in [-0.2, -0.15) is 0 Å². The molecule has 1 atom stereocenters. The molecule has 0 bridgehead atoms. The van der Waals surface area contributed by atoms with Crippen LogP contribution in [0.3, 0.4) is 0 Å². The van der Waals surface area contributed by atoms with Crippen molar-refractivity contribution >= 4 is 33.4 Å². The van der Waals surface area contributed by atoms with Crippen molar-refractivity contribution in [3.05, 3.63) is 24.4 Å². The van der Waals surface area contributed by atoms with Crippen molar-refractivity contribution in [2.75, 3.05) is 12.3 Å². The first kappa shape index (κ1) is 19.0. The van der Waals surface area contributed by atoms with Crippen LogP contribution in [0.25, 0.3) is 0 Å². The number of carbonyl (C=O) groups is 2. The standard InChI is InChI=1S/C14H22N4O2S2/c15-8-3-1-5-11(16)14(20)18-12(19)7-10-21-22-13-6-2-4-9-17-13/h2,4,6,9,11H,1,3,5,7-8,10,15-16H2,(H,18,19,20)/t11-/m0/s1. The molecular formula is C14H22N4O2S2. The van der Waals surface area contributed by atoms with E-state index in [0.29, 0.717) is 18.7 Å². The van der Waals surface area contributed by atoms with Crippen LogP contribution >= 0.6 is 21.6 Å². The van der Waals surface area contributed by atoms with Gasteiger partial charge in [-0.25, -0.2) is 4.98 Å². The predicted molar refractivity (Wildman–Crippen MR) is 91.2 cm³/mol. The minimum atomic E-state index is -0.647. The van der Waals surface area contributed by atoms with E-state index in [1.165, 1.54) is 21.6 Å². The second-order valence-corrected chi connectivity index (χ2v) is 7.06. The third-order valence-corrected chi connectivity index (χ3v) is 5.03. The Balaban J connectivity index is 2.13. The average Bonchev–Trinajstić information content (AvgIpc) is 2.52. The third kappa shape index (κ3) is 8.38. The molecule has 0 unspecified atom stereocenters. The molecule has 0 spiro atoms. The van der Waals surface area contributed by atoms with E-state index in [4.69, 9.17) is 11.5 Å². The Hall–Kier alpha value is -1.09. The minimum absolute atomic E-state index is 0.270. The van der Waals surface area contributed by atoms with E-state index in [2.05, 4.69) is 10.3 Å². The number of nitrogens with zero attached hydrogens (tertiary/aromatic N) is 1. The molecule has 8 heteroatoms. The normalized spacial score (nSPS) is 11.9. The van der Waals surface area contributed by atoms with Crippen LogP contribution in [0.1, 0.15) is 25.7 Å². The summed E-state index contributed by atoms with van der Waals surface area (Å²) in [5.41, 5.74) is 11.1. The zero-order chi connectivity index (χ0) is 16.2. The highest BCUT2D eigenvalue weighted by Gasteiger charge is 2.15. The van der Waals surface area contributed by atoms with E-state index in [1.54, 1.807) is 6.20 Å². The van der Waals surface area contributed by atoms with Crippen molar-refractivity contribution in [3.8, 4) is 0 Å². The van der Waals surface area contributed by atoms with Crippen molar-refractivity contribution in [1.29, 1.82) is 0 Å². The highest BCUT2D eigenvalue weighted by molar-refractivity contribution is 8.76. The molecule has 0 aliphatic heterocycles. The molecule has 122 valence electrons. The van der Waals surface area contributed by atoms with Crippen molar-refractivity contribution < 1.29 is 9.59 Å². The molecule has 1 heterocycles. The van der Waals surface area contributed by atoms with Gasteiger partial charge in [-0.3, -0.25) is 14.9 Å². The smallest absolute Gasteiger partial charge is 0.243 e. The van der Waals surface area contributed by atoms with Crippen molar-refractivity contribution in [3.63, 3.8) is 0 Å². The molecule has 6 nitrogen and oxygen atoms in total. The van der Waals surface area contributed by atoms with Crippen molar-refractivity contribution in [2.24, 2.45) is 11.5 Å². The Morgan fingerprint density at radius 2 is 2.14 bits per heavy atom. The first-order valence-electron chi connectivity index (χ1n) is 7.13. The molecule has 0 aliphatic carbocycles. The number of imide groups is 1. The lowest BCUT2D eigenvalue weighted by molar-refractivity contribution is -0.131. The van der Waals surface area contributed by atoms with Gasteiger partial charge in [0.25, 0.3) is 0 Å². The number of amides is 2. The summed E-state index contributed by atoms with van der Waals surface area (Å²) < 4.78 is 0. The van der Waals surface area contributed by atoms with Crippen LogP contribution in [0.4, 0.5) is 0 Å². The fourth-order valence-corrected chi connectivity index (χ4v) is 3.43. The fraction of sp³-hybridized carbons (Fsp3) is 0.500. The van der Waals surface area contributed by atoms with Gasteiger partial charge in [0.2, 0.25) is 11.8 Å². The van der Waals surface area contributed by atoms with Gasteiger partial charge in [-0.1, -0.05) is 23.3 Å². The maximum atomic E-state index is 11.7. The number of rotatable bonds is 10. The zero-order valence-electron chi connectivity index (χ0n) is 12.4. The molecule has 0 aromatic carbocycles. The van der Waals surface area contributed by atoms with E-state index >= 15 is 0 Å². The highest BCUT2D eigenvalue weighted by Crippen LogP contribution is 2.29. The van der Waals surface area contributed by atoms with E-state index in [9.17, 15) is 9.59 Å². The highest BCUT2D eigenvalue weighted by atomic mass is 33.1. The quantitative estimate of drug-likeness (QED) is 0.434. The molecule has 1 aromatic heterocycles. The molecule has 1 rings (SSSR count). The summed E-state index contributed by atoms with van der Waals surface area (Å²) in [4.78, 5) is 27.5. The Morgan fingerprint density at radius 1 is 1.32 bits per heavy atom. The number of carbonyl (C=O) groups excluding carboxylic acids is 2. The van der Waals surface area contributed by atoms with Crippen LogP contribution in [-0.2, 0) is 9.59 Å². The summed E-state index contributed by atoms with van der Waals surface area (Å²) in [6.45, 7) is 0.582. The Labute approximate surface area is 138 Å². The van der Waals surface area contributed by atoms with Crippen molar-refractivity contribution in [2.45, 2.75) is 36.8 Å². The fourth-order valence-electron chi connectivity index (χ4n) is 1.57. The largest absolute Gasteiger partial charge is 0.330 e. The molecule has 0 saturated heterocycles. The van der Waals surface area contributed by atoms with Gasteiger partial charge in [0.15, 0.2) is 0 Å². The molecule has 1 aromatic rings. The van der Waals surface area contributed by atoms with Gasteiger partial charge in [0.1, 0.15) is 5.03 Å². The van der Waals surface area contributed by atoms with Crippen LogP contribution in [-0.4, -0.2) is 35.1 Å². The Kier molecular flexibility index (Phi) is 9.89. The summed E-state index contributed by atoms with van der Waals surface area (Å²) in [6.07, 6.45) is 4.15. The molecule has 0 saturated carbocycles. The Morgan fingerprint density at radius 3 is 2.82 bits per heavy atom. The van der Waals surface area contributed by atoms with Crippen LogP contribution in [0, 0.1) is 0 Å². The number of aromatic nitrogens is 1. The molecule has 0 fully saturated rings. The lowest BCUT2D eigenvalue weighted by atomic mass is 10.1. The van der Waals surface area contributed by atoms with Crippen LogP contribution in [0.5, 0.6) is 0 Å². The number of pyridine rings is 1. The lowest BCUT2D eigenvalue weighted by Gasteiger charge is -2.10. The Bertz CT molecular complexity index is 459. The number of hydrogen-bond donors (Lipinski definition) is 3. The maximum Gasteiger partial charge on any atom is 0.243 e. The third-order valence-electron chi connectivity index (χ3n) is 2.76. The van der Waals surface area contributed by atoms with E-state index in [1.807, 2.05) is 18.2 Å². The molecule has 0 radical (unpaired) electrons. The first-order valence-corrected chi connectivity index (χ1v) is 9.45. The van der Waals surface area contributed by atoms with Gasteiger partial charge < -0.3 is 11.5 Å². The second-order valence-electron chi connectivity index (χ2n) is 4.63. The van der Waals surface area contributed by atoms with E-state index in [0.717, 1.165) is 17.9 Å². The van der Waals surface area contributed by atoms with E-state index in [-0.39, 0.29) is 12.3 Å². The van der Waals surface area contributed by atoms with Gasteiger partial charge >= 0.3 is 0 Å². The summed E-state index contributed by atoms with van der Waals surface area (Å²) in [6, 6.07) is 5.02. The first-order chi connectivity index (χ1) is 10.6. The number of unbranched alkanes of at least 4 members (excludes halogenated alkanes) is 1. The topological polar surface area (TPSA) is 111 Å². The lowest BCUT2D eigenvalue weighted by Crippen LogP contribution is -2.43. The van der Waals surface area contributed by atoms with Gasteiger partial charge in [-0.05, 0) is 42.3 Å². The zero-order valence-corrected chi connectivity index (χ0v) is 14.0. The number of hydrogen-bond acceptors (Lipinski definition) is 7. The minimum Gasteiger partial charge on any atom is -0.330 e. The van der Waals surface area contributed by atoms with Gasteiger partial charge in [0.05, 0.1) is 6.04 Å². The summed E-state index contributed by atoms with van der Waals surface area (Å²) in [5.74, 6) is -0.110. The molecule has 5 N–H and O–H groups in total. The van der Waals surface area contributed by atoms with Crippen LogP contribution in [0.15, 0.2) is 29.4 Å². The summed E-state index contributed by atoms with van der Waals surface area (Å²) in [5, 5.41) is 3.23. The molecule has 2 amide bonds. The van der Waals surface area contributed by atoms with Crippen molar-refractivity contribution in [1.82, 2.24) is 10.3 Å². The molecule has 0 aliphatic rings. The van der Waals surface area contributed by atoms with Crippen LogP contribution < -0.4 is 16.8 Å². The van der Waals surface area contributed by atoms with Gasteiger partial charge in [0, 0.05) is 18.4 Å². The SMILES string of the molecule is NCCCC[C@H](N)C(=O)NC(=O)CCSSc1ccccn1. The average molecular weight is 342 g/mol. The van der Waals surface area contributed by atoms with Gasteiger partial charge in [-0.15, -0.1) is 0 Å². The summed E-state index contributed by atoms with van der Waals surface area (Å²) in [7, 11) is 3.03. The monoisotopic (exact) mass is 342 g/mol. The second kappa shape index (κ2) is 11.5. The maximum absolute atomic E-state index is 11.7. The summed E-state index contributed by atoms with van der Waals surface area (Å²) >= 11 is 0. The molecule has 22 heavy (non-hydrogen) atoms. The number of nitrogens with two attached hydrogens (primary N) is 2. The van der Waals surface area contributed by atoms with E-state index < -0.39 is 11.9 Å². The molecular weight excluding hydrogens is 320 g/mol.